The van der Waals surface area contributed by atoms with Crippen LogP contribution in [-0.4, -0.2) is 35.9 Å². The Morgan fingerprint density at radius 1 is 1.17 bits per heavy atom. The Labute approximate surface area is 154 Å². The molecule has 0 aliphatic carbocycles. The second-order valence-electron chi connectivity index (χ2n) is 6.20. The van der Waals surface area contributed by atoms with Crippen molar-refractivity contribution < 1.29 is 9.59 Å². The Bertz CT molecular complexity index is 531. The van der Waals surface area contributed by atoms with Crippen molar-refractivity contribution in [1.29, 1.82) is 0 Å². The van der Waals surface area contributed by atoms with Crippen LogP contribution in [-0.2, 0) is 9.59 Å². The van der Waals surface area contributed by atoms with Crippen LogP contribution in [0.4, 0.5) is 11.4 Å². The molecule has 1 fully saturated rings. The van der Waals surface area contributed by atoms with Crippen molar-refractivity contribution in [2.75, 3.05) is 28.7 Å². The van der Waals surface area contributed by atoms with Crippen LogP contribution in [0.1, 0.15) is 26.7 Å². The first-order valence-electron chi connectivity index (χ1n) is 8.04. The van der Waals surface area contributed by atoms with E-state index in [1.54, 1.807) is 0 Å². The fourth-order valence-electron chi connectivity index (χ4n) is 2.41. The molecular weight excluding hydrogens is 346 g/mol. The van der Waals surface area contributed by atoms with Crippen LogP contribution < -0.4 is 16.0 Å². The van der Waals surface area contributed by atoms with Crippen LogP contribution in [0.2, 0.25) is 0 Å². The summed E-state index contributed by atoms with van der Waals surface area (Å²) in [6, 6.07) is 7.49. The van der Waals surface area contributed by atoms with Crippen molar-refractivity contribution in [3.05, 3.63) is 24.3 Å². The number of halogens is 1. The molecule has 5 nitrogen and oxygen atoms in total. The van der Waals surface area contributed by atoms with E-state index in [0.717, 1.165) is 29.4 Å². The lowest BCUT2D eigenvalue weighted by Crippen LogP contribution is -2.39. The molecule has 1 aliphatic heterocycles. The molecule has 24 heavy (non-hydrogen) atoms. The molecule has 3 N–H and O–H groups in total. The lowest BCUT2D eigenvalue weighted by molar-refractivity contribution is -0.117. The molecule has 0 aromatic heterocycles. The average molecular weight is 372 g/mol. The van der Waals surface area contributed by atoms with Gasteiger partial charge in [-0.3, -0.25) is 9.59 Å². The van der Waals surface area contributed by atoms with Gasteiger partial charge < -0.3 is 16.0 Å². The van der Waals surface area contributed by atoms with Crippen LogP contribution in [0.5, 0.6) is 0 Å². The Morgan fingerprint density at radius 2 is 1.75 bits per heavy atom. The standard InChI is InChI=1S/C17H25N3O2S.ClH/c1-12(2)9-16(21)19-13-3-5-14(6-4-13)20-17(22)10-15-11-23-8-7-18-15;/h3-6,12,15,18H,7-11H2,1-2H3,(H,19,21)(H,20,22);1H. The van der Waals surface area contributed by atoms with Gasteiger partial charge in [-0.05, 0) is 30.2 Å². The van der Waals surface area contributed by atoms with Crippen molar-refractivity contribution in [2.24, 2.45) is 5.92 Å². The molecular formula is C17H26ClN3O2S. The molecule has 1 saturated heterocycles. The summed E-state index contributed by atoms with van der Waals surface area (Å²) in [7, 11) is 0. The first-order chi connectivity index (χ1) is 11.0. The second-order valence-corrected chi connectivity index (χ2v) is 7.35. The molecule has 0 spiro atoms. The van der Waals surface area contributed by atoms with Crippen molar-refractivity contribution >= 4 is 47.4 Å². The highest BCUT2D eigenvalue weighted by molar-refractivity contribution is 7.99. The molecule has 0 radical (unpaired) electrons. The predicted molar refractivity (Wildman–Crippen MR) is 104 cm³/mol. The highest BCUT2D eigenvalue weighted by Crippen LogP contribution is 2.16. The third-order valence-electron chi connectivity index (χ3n) is 3.48. The largest absolute Gasteiger partial charge is 0.326 e. The number of anilines is 2. The minimum absolute atomic E-state index is 0. The summed E-state index contributed by atoms with van der Waals surface area (Å²) in [6.45, 7) is 4.99. The number of hydrogen-bond acceptors (Lipinski definition) is 4. The maximum Gasteiger partial charge on any atom is 0.225 e. The Kier molecular flexibility index (Phi) is 9.18. The summed E-state index contributed by atoms with van der Waals surface area (Å²) in [5, 5.41) is 9.11. The fourth-order valence-corrected chi connectivity index (χ4v) is 3.36. The van der Waals surface area contributed by atoms with Crippen molar-refractivity contribution in [2.45, 2.75) is 32.7 Å². The summed E-state index contributed by atoms with van der Waals surface area (Å²) < 4.78 is 0. The molecule has 1 aliphatic rings. The van der Waals surface area contributed by atoms with E-state index in [9.17, 15) is 9.59 Å². The molecule has 1 atom stereocenters. The van der Waals surface area contributed by atoms with Crippen LogP contribution in [0.15, 0.2) is 24.3 Å². The summed E-state index contributed by atoms with van der Waals surface area (Å²) in [5.41, 5.74) is 1.50. The predicted octanol–water partition coefficient (Wildman–Crippen LogP) is 3.13. The molecule has 1 aromatic rings. The molecule has 2 rings (SSSR count). The average Bonchev–Trinajstić information content (AvgIpc) is 2.49. The minimum Gasteiger partial charge on any atom is -0.326 e. The van der Waals surface area contributed by atoms with E-state index in [1.807, 2.05) is 49.9 Å². The first-order valence-corrected chi connectivity index (χ1v) is 9.19. The third kappa shape index (κ3) is 7.55. The molecule has 1 aromatic carbocycles. The maximum absolute atomic E-state index is 12.0. The van der Waals surface area contributed by atoms with E-state index in [2.05, 4.69) is 16.0 Å². The third-order valence-corrected chi connectivity index (χ3v) is 4.61. The van der Waals surface area contributed by atoms with Gasteiger partial charge in [0.2, 0.25) is 11.8 Å². The van der Waals surface area contributed by atoms with E-state index >= 15 is 0 Å². The van der Waals surface area contributed by atoms with E-state index in [1.165, 1.54) is 0 Å². The van der Waals surface area contributed by atoms with Gasteiger partial charge >= 0.3 is 0 Å². The summed E-state index contributed by atoms with van der Waals surface area (Å²) in [5.74, 6) is 2.45. The smallest absolute Gasteiger partial charge is 0.225 e. The van der Waals surface area contributed by atoms with Crippen molar-refractivity contribution in [1.82, 2.24) is 5.32 Å². The van der Waals surface area contributed by atoms with Crippen molar-refractivity contribution in [3.8, 4) is 0 Å². The lowest BCUT2D eigenvalue weighted by Gasteiger charge is -2.22. The monoisotopic (exact) mass is 371 g/mol. The normalized spacial score (nSPS) is 17.0. The molecule has 2 amide bonds. The molecule has 134 valence electrons. The van der Waals surface area contributed by atoms with Gasteiger partial charge in [0.05, 0.1) is 0 Å². The fraction of sp³-hybridized carbons (Fsp3) is 0.529. The quantitative estimate of drug-likeness (QED) is 0.718. The minimum atomic E-state index is 0. The van der Waals surface area contributed by atoms with Gasteiger partial charge in [0.1, 0.15) is 0 Å². The van der Waals surface area contributed by atoms with Gasteiger partial charge in [-0.1, -0.05) is 13.8 Å². The molecule has 0 saturated carbocycles. The number of carbonyl (C=O) groups excluding carboxylic acids is 2. The topological polar surface area (TPSA) is 70.2 Å². The van der Waals surface area contributed by atoms with Gasteiger partial charge in [0.25, 0.3) is 0 Å². The highest BCUT2D eigenvalue weighted by atomic mass is 35.5. The van der Waals surface area contributed by atoms with E-state index in [-0.39, 0.29) is 30.3 Å². The highest BCUT2D eigenvalue weighted by Gasteiger charge is 2.16. The maximum atomic E-state index is 12.0. The molecule has 7 heteroatoms. The number of thioether (sulfide) groups is 1. The van der Waals surface area contributed by atoms with Gasteiger partial charge in [0.15, 0.2) is 0 Å². The van der Waals surface area contributed by atoms with E-state index in [4.69, 9.17) is 0 Å². The van der Waals surface area contributed by atoms with E-state index in [0.29, 0.717) is 18.8 Å². The molecule has 1 unspecified atom stereocenters. The number of rotatable bonds is 6. The summed E-state index contributed by atoms with van der Waals surface area (Å²) >= 11 is 1.88. The first kappa shape index (κ1) is 20.8. The zero-order valence-corrected chi connectivity index (χ0v) is 15.8. The van der Waals surface area contributed by atoms with E-state index < -0.39 is 0 Å². The SMILES string of the molecule is CC(C)CC(=O)Nc1ccc(NC(=O)CC2CSCCN2)cc1.Cl. The van der Waals surface area contributed by atoms with Gasteiger partial charge in [-0.25, -0.2) is 0 Å². The number of carbonyl (C=O) groups is 2. The Morgan fingerprint density at radius 3 is 2.25 bits per heavy atom. The Balaban J connectivity index is 0.00000288. The number of nitrogens with one attached hydrogen (secondary N) is 3. The lowest BCUT2D eigenvalue weighted by atomic mass is 10.1. The second kappa shape index (κ2) is 10.6. The Hall–Kier alpha value is -1.24. The van der Waals surface area contributed by atoms with Crippen LogP contribution >= 0.6 is 24.2 Å². The zero-order valence-electron chi connectivity index (χ0n) is 14.1. The zero-order chi connectivity index (χ0) is 16.7. The van der Waals surface area contributed by atoms with Gasteiger partial charge in [-0.15, -0.1) is 12.4 Å². The molecule has 1 heterocycles. The molecule has 0 bridgehead atoms. The van der Waals surface area contributed by atoms with Gasteiger partial charge in [-0.2, -0.15) is 11.8 Å². The summed E-state index contributed by atoms with van der Waals surface area (Å²) in [4.78, 5) is 23.8. The van der Waals surface area contributed by atoms with Crippen LogP contribution in [0.3, 0.4) is 0 Å². The number of hydrogen-bond donors (Lipinski definition) is 3. The van der Waals surface area contributed by atoms with Gasteiger partial charge in [0, 0.05) is 48.3 Å². The van der Waals surface area contributed by atoms with Crippen LogP contribution in [0, 0.1) is 5.92 Å². The van der Waals surface area contributed by atoms with Crippen LogP contribution in [0.25, 0.3) is 0 Å². The van der Waals surface area contributed by atoms with Crippen molar-refractivity contribution in [3.63, 3.8) is 0 Å². The number of benzene rings is 1. The summed E-state index contributed by atoms with van der Waals surface area (Å²) in [6.07, 6.45) is 0.991. The number of amides is 2.